The Labute approximate surface area is 183 Å². The van der Waals surface area contributed by atoms with E-state index in [1.54, 1.807) is 52.8 Å². The van der Waals surface area contributed by atoms with E-state index in [0.29, 0.717) is 35.8 Å². The summed E-state index contributed by atoms with van der Waals surface area (Å²) in [5, 5.41) is 5.50. The van der Waals surface area contributed by atoms with Crippen LogP contribution in [0.5, 0.6) is 0 Å². The third kappa shape index (κ3) is 6.63. The molecular weight excluding hydrogens is 414 g/mol. The molecule has 2 aromatic rings. The quantitative estimate of drug-likeness (QED) is 0.681. The molecule has 1 heterocycles. The second kappa shape index (κ2) is 10.5. The average molecular weight is 444 g/mol. The molecule has 0 spiro atoms. The minimum Gasteiger partial charge on any atom is -0.326 e. The van der Waals surface area contributed by atoms with Gasteiger partial charge in [-0.15, -0.1) is 0 Å². The number of aryl methyl sites for hydroxylation is 1. The number of carbonyl (C=O) groups is 2. The van der Waals surface area contributed by atoms with Crippen molar-refractivity contribution in [3.63, 3.8) is 0 Å². The first kappa shape index (κ1) is 23.0. The summed E-state index contributed by atoms with van der Waals surface area (Å²) in [7, 11) is -3.46. The van der Waals surface area contributed by atoms with Gasteiger partial charge < -0.3 is 10.6 Å². The van der Waals surface area contributed by atoms with E-state index >= 15 is 0 Å². The lowest BCUT2D eigenvalue weighted by Crippen LogP contribution is -2.31. The van der Waals surface area contributed by atoms with Gasteiger partial charge in [0.05, 0.1) is 4.90 Å². The highest BCUT2D eigenvalue weighted by molar-refractivity contribution is 7.89. The van der Waals surface area contributed by atoms with E-state index in [4.69, 9.17) is 0 Å². The molecule has 3 rings (SSSR count). The summed E-state index contributed by atoms with van der Waals surface area (Å²) in [6.07, 6.45) is 4.76. The molecule has 7 nitrogen and oxygen atoms in total. The van der Waals surface area contributed by atoms with E-state index in [2.05, 4.69) is 10.6 Å². The van der Waals surface area contributed by atoms with Crippen molar-refractivity contribution in [2.45, 2.75) is 50.3 Å². The molecule has 0 radical (unpaired) electrons. The highest BCUT2D eigenvalue weighted by Gasteiger charge is 2.24. The first-order chi connectivity index (χ1) is 14.8. The summed E-state index contributed by atoms with van der Waals surface area (Å²) in [6.45, 7) is 2.60. The largest absolute Gasteiger partial charge is 0.326 e. The fourth-order valence-electron chi connectivity index (χ4n) is 3.58. The molecule has 2 N–H and O–H groups in total. The number of sulfonamides is 1. The Kier molecular flexibility index (Phi) is 7.81. The Morgan fingerprint density at radius 2 is 1.39 bits per heavy atom. The predicted molar refractivity (Wildman–Crippen MR) is 121 cm³/mol. The van der Waals surface area contributed by atoms with Crippen LogP contribution in [-0.4, -0.2) is 37.6 Å². The summed E-state index contributed by atoms with van der Waals surface area (Å²) >= 11 is 0. The molecule has 0 aromatic heterocycles. The molecule has 0 unspecified atom stereocenters. The van der Waals surface area contributed by atoms with Gasteiger partial charge in [-0.1, -0.05) is 25.0 Å². The van der Waals surface area contributed by atoms with Gasteiger partial charge in [0.25, 0.3) is 0 Å². The number of hydrogen-bond donors (Lipinski definition) is 2. The Hall–Kier alpha value is -2.71. The van der Waals surface area contributed by atoms with Crippen LogP contribution in [0, 0.1) is 0 Å². The molecule has 1 aliphatic rings. The van der Waals surface area contributed by atoms with Crippen molar-refractivity contribution >= 4 is 33.2 Å². The van der Waals surface area contributed by atoms with E-state index in [1.807, 2.05) is 0 Å². The van der Waals surface area contributed by atoms with E-state index in [9.17, 15) is 18.0 Å². The molecule has 0 aliphatic carbocycles. The standard InChI is InChI=1S/C23H29N3O4S/c1-18(27)24-20-9-11-21(12-10-20)25-23(28)15-8-19-6-13-22(14-7-19)31(29,30)26-16-4-2-3-5-17-26/h6-7,9-14H,2-5,8,15-17H2,1H3,(H,24,27)(H,25,28). The maximum Gasteiger partial charge on any atom is 0.243 e. The zero-order valence-corrected chi connectivity index (χ0v) is 18.6. The lowest BCUT2D eigenvalue weighted by atomic mass is 10.1. The second-order valence-corrected chi connectivity index (χ2v) is 9.71. The lowest BCUT2D eigenvalue weighted by Gasteiger charge is -2.20. The van der Waals surface area contributed by atoms with Crippen LogP contribution in [0.25, 0.3) is 0 Å². The molecule has 1 aliphatic heterocycles. The Bertz CT molecular complexity index is 994. The van der Waals surface area contributed by atoms with Crippen molar-refractivity contribution in [1.29, 1.82) is 0 Å². The van der Waals surface area contributed by atoms with Gasteiger partial charge in [0, 0.05) is 37.8 Å². The summed E-state index contributed by atoms with van der Waals surface area (Å²) in [6, 6.07) is 13.7. The SMILES string of the molecule is CC(=O)Nc1ccc(NC(=O)CCc2ccc(S(=O)(=O)N3CCCCCC3)cc2)cc1. The van der Waals surface area contributed by atoms with E-state index in [-0.39, 0.29) is 18.2 Å². The van der Waals surface area contributed by atoms with Crippen molar-refractivity contribution in [1.82, 2.24) is 4.31 Å². The fraction of sp³-hybridized carbons (Fsp3) is 0.391. The van der Waals surface area contributed by atoms with Crippen LogP contribution in [0.3, 0.4) is 0 Å². The minimum atomic E-state index is -3.46. The van der Waals surface area contributed by atoms with E-state index in [1.165, 1.54) is 6.92 Å². The molecule has 31 heavy (non-hydrogen) atoms. The molecule has 2 aromatic carbocycles. The molecule has 0 atom stereocenters. The molecule has 166 valence electrons. The maximum absolute atomic E-state index is 12.8. The first-order valence-electron chi connectivity index (χ1n) is 10.6. The molecule has 0 bridgehead atoms. The van der Waals surface area contributed by atoms with Crippen molar-refractivity contribution in [3.05, 3.63) is 54.1 Å². The Balaban J connectivity index is 1.52. The van der Waals surface area contributed by atoms with Crippen LogP contribution in [-0.2, 0) is 26.0 Å². The molecule has 0 saturated carbocycles. The van der Waals surface area contributed by atoms with Crippen LogP contribution >= 0.6 is 0 Å². The van der Waals surface area contributed by atoms with Gasteiger partial charge >= 0.3 is 0 Å². The predicted octanol–water partition coefficient (Wildman–Crippen LogP) is 3.78. The van der Waals surface area contributed by atoms with Crippen molar-refractivity contribution in [2.24, 2.45) is 0 Å². The molecular formula is C23H29N3O4S. The highest BCUT2D eigenvalue weighted by Crippen LogP contribution is 2.21. The monoisotopic (exact) mass is 443 g/mol. The number of hydrogen-bond acceptors (Lipinski definition) is 4. The van der Waals surface area contributed by atoms with Gasteiger partial charge in [0.15, 0.2) is 0 Å². The number of nitrogens with zero attached hydrogens (tertiary/aromatic N) is 1. The zero-order valence-electron chi connectivity index (χ0n) is 17.8. The number of amides is 2. The normalized spacial score (nSPS) is 15.1. The van der Waals surface area contributed by atoms with E-state index < -0.39 is 10.0 Å². The zero-order chi connectivity index (χ0) is 22.3. The van der Waals surface area contributed by atoms with Crippen LogP contribution in [0.4, 0.5) is 11.4 Å². The summed E-state index contributed by atoms with van der Waals surface area (Å²) in [4.78, 5) is 23.6. The molecule has 2 amide bonds. The third-order valence-corrected chi connectivity index (χ3v) is 7.17. The first-order valence-corrected chi connectivity index (χ1v) is 12.1. The summed E-state index contributed by atoms with van der Waals surface area (Å²) in [5.74, 6) is -0.282. The van der Waals surface area contributed by atoms with Crippen molar-refractivity contribution < 1.29 is 18.0 Å². The van der Waals surface area contributed by atoms with Crippen molar-refractivity contribution in [3.8, 4) is 0 Å². The lowest BCUT2D eigenvalue weighted by molar-refractivity contribution is -0.116. The second-order valence-electron chi connectivity index (χ2n) is 7.77. The summed E-state index contributed by atoms with van der Waals surface area (Å²) in [5.41, 5.74) is 2.23. The number of rotatable bonds is 7. The van der Waals surface area contributed by atoms with Crippen molar-refractivity contribution in [2.75, 3.05) is 23.7 Å². The van der Waals surface area contributed by atoms with Gasteiger partial charge in [0.2, 0.25) is 21.8 Å². The highest BCUT2D eigenvalue weighted by atomic mass is 32.2. The topological polar surface area (TPSA) is 95.6 Å². The van der Waals surface area contributed by atoms with Crippen LogP contribution < -0.4 is 10.6 Å². The van der Waals surface area contributed by atoms with Crippen LogP contribution in [0.15, 0.2) is 53.4 Å². The fourth-order valence-corrected chi connectivity index (χ4v) is 5.10. The Morgan fingerprint density at radius 3 is 1.94 bits per heavy atom. The molecule has 8 heteroatoms. The molecule has 1 saturated heterocycles. The van der Waals surface area contributed by atoms with Crippen LogP contribution in [0.2, 0.25) is 0 Å². The molecule has 1 fully saturated rings. The van der Waals surface area contributed by atoms with Crippen LogP contribution in [0.1, 0.15) is 44.6 Å². The maximum atomic E-state index is 12.8. The third-order valence-electron chi connectivity index (χ3n) is 5.26. The summed E-state index contributed by atoms with van der Waals surface area (Å²) < 4.78 is 27.3. The average Bonchev–Trinajstić information content (AvgIpc) is 3.04. The van der Waals surface area contributed by atoms with Gasteiger partial charge in [-0.05, 0) is 61.2 Å². The van der Waals surface area contributed by atoms with Gasteiger partial charge in [0.1, 0.15) is 0 Å². The van der Waals surface area contributed by atoms with Gasteiger partial charge in [-0.25, -0.2) is 8.42 Å². The smallest absolute Gasteiger partial charge is 0.243 e. The minimum absolute atomic E-state index is 0.131. The van der Waals surface area contributed by atoms with E-state index in [0.717, 1.165) is 31.2 Å². The van der Waals surface area contributed by atoms with Gasteiger partial charge in [-0.3, -0.25) is 9.59 Å². The number of benzene rings is 2. The number of carbonyl (C=O) groups excluding carboxylic acids is 2. The number of anilines is 2. The Morgan fingerprint density at radius 1 is 0.839 bits per heavy atom. The van der Waals surface area contributed by atoms with Gasteiger partial charge in [-0.2, -0.15) is 4.31 Å². The number of nitrogens with one attached hydrogen (secondary N) is 2.